The van der Waals surface area contributed by atoms with E-state index < -0.39 is 0 Å². The molecule has 12 aromatic rings. The molecule has 0 fully saturated rings. The number of nitrogens with zero attached hydrogens (tertiary/aromatic N) is 5. The number of rotatable bonds is 5. The van der Waals surface area contributed by atoms with E-state index in [0.29, 0.717) is 11.8 Å². The average molecular weight is 980 g/mol. The molecule has 0 aliphatic carbocycles. The monoisotopic (exact) mass is 980 g/mol. The van der Waals surface area contributed by atoms with Crippen LogP contribution >= 0.6 is 0 Å². The van der Waals surface area contributed by atoms with Crippen molar-refractivity contribution in [2.75, 3.05) is 0 Å². The van der Waals surface area contributed by atoms with E-state index in [9.17, 15) is 0 Å². The molecule has 62 heavy (non-hydrogen) atoms. The molecule has 7 heteroatoms. The van der Waals surface area contributed by atoms with Gasteiger partial charge < -0.3 is 14.0 Å². The summed E-state index contributed by atoms with van der Waals surface area (Å²) < 4.78 is 11.6. The van der Waals surface area contributed by atoms with Crippen LogP contribution in [0.2, 0.25) is 0 Å². The molecule has 7 aromatic carbocycles. The van der Waals surface area contributed by atoms with E-state index in [1.54, 1.807) is 6.20 Å². The molecule has 6 nitrogen and oxygen atoms in total. The van der Waals surface area contributed by atoms with Gasteiger partial charge in [0.2, 0.25) is 0 Å². The standard InChI is InChI=1S/C44H33N4O.C11H8N.Ir/c1-25(2)27-16-11-17-28(26(3)4)40(27)48-37-22-10-8-20-35(37)45-44(48)34-19-12-18-31-32-23-24-38-39(42(32)49-41(31)34)46-43-33-15-6-5-13-29(33)30-14-7-9-21-36(30)47(38)43;1-2-6-10(7-3-1)11-8-4-5-9-12-11;/h5-18,20-26H,1-4H3;1-6,8-9H;/q2*-1;. The molecule has 303 valence electrons. The molecule has 5 aromatic heterocycles. The number of benzene rings is 7. The Hall–Kier alpha value is -6.92. The average Bonchev–Trinajstić information content (AvgIpc) is 4.02. The summed E-state index contributed by atoms with van der Waals surface area (Å²) in [5.41, 5.74) is 14.1. The van der Waals surface area contributed by atoms with Gasteiger partial charge in [-0.25, -0.2) is 4.98 Å². The molecule has 0 spiro atoms. The van der Waals surface area contributed by atoms with E-state index in [1.165, 1.54) is 27.6 Å². The maximum absolute atomic E-state index is 6.99. The van der Waals surface area contributed by atoms with Gasteiger partial charge in [-0.2, -0.15) is 0 Å². The number of imidazole rings is 2. The van der Waals surface area contributed by atoms with Gasteiger partial charge in [0, 0.05) is 48.1 Å². The maximum atomic E-state index is 6.99. The normalized spacial score (nSPS) is 11.7. The number of hydrogen-bond donors (Lipinski definition) is 0. The van der Waals surface area contributed by atoms with Crippen LogP contribution in [0.3, 0.4) is 0 Å². The van der Waals surface area contributed by atoms with Gasteiger partial charge in [-0.1, -0.05) is 124 Å². The molecular formula is C55H41IrN5O-2. The smallest absolute Gasteiger partial charge is 0.148 e. The van der Waals surface area contributed by atoms with Gasteiger partial charge in [0.05, 0.1) is 33.5 Å². The Labute approximate surface area is 372 Å². The van der Waals surface area contributed by atoms with Crippen LogP contribution in [0.1, 0.15) is 50.7 Å². The summed E-state index contributed by atoms with van der Waals surface area (Å²) in [6.45, 7) is 9.06. The van der Waals surface area contributed by atoms with Crippen molar-refractivity contribution in [3.8, 4) is 28.3 Å². The summed E-state index contributed by atoms with van der Waals surface area (Å²) in [6, 6.07) is 61.1. The van der Waals surface area contributed by atoms with Crippen LogP contribution in [0.4, 0.5) is 0 Å². The van der Waals surface area contributed by atoms with Gasteiger partial charge in [-0.05, 0) is 70.4 Å². The molecule has 0 saturated heterocycles. The summed E-state index contributed by atoms with van der Waals surface area (Å²) in [7, 11) is 0. The number of pyridine rings is 2. The maximum Gasteiger partial charge on any atom is 0.148 e. The summed E-state index contributed by atoms with van der Waals surface area (Å²) in [5.74, 6) is 1.47. The zero-order valence-corrected chi connectivity index (χ0v) is 37.1. The number of furan rings is 1. The van der Waals surface area contributed by atoms with E-state index in [4.69, 9.17) is 14.4 Å². The first-order valence-electron chi connectivity index (χ1n) is 20.9. The van der Waals surface area contributed by atoms with E-state index in [0.717, 1.165) is 83.2 Å². The first-order valence-corrected chi connectivity index (χ1v) is 20.9. The first kappa shape index (κ1) is 39.2. The van der Waals surface area contributed by atoms with Crippen molar-refractivity contribution in [1.82, 2.24) is 23.9 Å². The Balaban J connectivity index is 0.000000305. The van der Waals surface area contributed by atoms with Crippen molar-refractivity contribution in [2.45, 2.75) is 39.5 Å². The van der Waals surface area contributed by atoms with Crippen LogP contribution in [-0.2, 0) is 20.1 Å². The SMILES string of the molecule is CC(C)c1cccc(C(C)C)c1-n1c(-c2[c-]ccc3c2oc2c3ccc3c2nc2c4ccccc4c4ccccc4n32)nc2ccccc21.[Ir].[c-]1ccccc1-c1ccccn1. The van der Waals surface area contributed by atoms with Crippen LogP contribution in [0.5, 0.6) is 0 Å². The van der Waals surface area contributed by atoms with Crippen molar-refractivity contribution < 1.29 is 24.5 Å². The molecule has 5 heterocycles. The molecular weight excluding hydrogens is 939 g/mol. The van der Waals surface area contributed by atoms with Gasteiger partial charge in [-0.3, -0.25) is 9.38 Å². The van der Waals surface area contributed by atoms with Gasteiger partial charge in [0.1, 0.15) is 16.7 Å². The largest absolute Gasteiger partial charge is 0.498 e. The van der Waals surface area contributed by atoms with Gasteiger partial charge >= 0.3 is 0 Å². The molecule has 0 amide bonds. The zero-order valence-electron chi connectivity index (χ0n) is 34.7. The van der Waals surface area contributed by atoms with E-state index in [2.05, 4.69) is 163 Å². The van der Waals surface area contributed by atoms with Gasteiger partial charge in [-0.15, -0.1) is 54.1 Å². The summed E-state index contributed by atoms with van der Waals surface area (Å²) in [4.78, 5) is 14.8. The molecule has 12 rings (SSSR count). The van der Waals surface area contributed by atoms with Crippen LogP contribution in [0.25, 0.3) is 99.7 Å². The van der Waals surface area contributed by atoms with Crippen LogP contribution in [0, 0.1) is 12.1 Å². The first-order chi connectivity index (χ1) is 30.0. The molecule has 0 aliphatic heterocycles. The Morgan fingerprint density at radius 1 is 0.532 bits per heavy atom. The van der Waals surface area contributed by atoms with Crippen molar-refractivity contribution in [3.63, 3.8) is 0 Å². The predicted octanol–water partition coefficient (Wildman–Crippen LogP) is 14.3. The molecule has 0 unspecified atom stereocenters. The topological polar surface area (TPSA) is 61.2 Å². The van der Waals surface area contributed by atoms with Crippen molar-refractivity contribution in [1.29, 1.82) is 0 Å². The second kappa shape index (κ2) is 15.8. The second-order valence-electron chi connectivity index (χ2n) is 16.2. The second-order valence-corrected chi connectivity index (χ2v) is 16.2. The Kier molecular flexibility index (Phi) is 10.0. The van der Waals surface area contributed by atoms with Gasteiger partial charge in [0.15, 0.2) is 0 Å². The Bertz CT molecular complexity index is 3540. The third kappa shape index (κ3) is 6.31. The van der Waals surface area contributed by atoms with Crippen LogP contribution < -0.4 is 0 Å². The van der Waals surface area contributed by atoms with Crippen molar-refractivity contribution in [2.24, 2.45) is 0 Å². The summed E-state index contributed by atoms with van der Waals surface area (Å²) in [6.07, 6.45) is 1.79. The van der Waals surface area contributed by atoms with E-state index >= 15 is 0 Å². The third-order valence-electron chi connectivity index (χ3n) is 11.8. The minimum Gasteiger partial charge on any atom is -0.498 e. The summed E-state index contributed by atoms with van der Waals surface area (Å²) >= 11 is 0. The third-order valence-corrected chi connectivity index (χ3v) is 11.8. The number of hydrogen-bond acceptors (Lipinski definition) is 4. The molecule has 0 bridgehead atoms. The van der Waals surface area contributed by atoms with Crippen LogP contribution in [0.15, 0.2) is 168 Å². The van der Waals surface area contributed by atoms with Crippen molar-refractivity contribution >= 4 is 71.3 Å². The zero-order chi connectivity index (χ0) is 41.2. The fraction of sp³-hybridized carbons (Fsp3) is 0.109. The van der Waals surface area contributed by atoms with Crippen LogP contribution in [-0.4, -0.2) is 23.9 Å². The number of fused-ring (bicyclic) bond motifs is 13. The summed E-state index contributed by atoms with van der Waals surface area (Å²) in [5, 5.41) is 5.57. The minimum atomic E-state index is 0. The quantitative estimate of drug-likeness (QED) is 0.127. The Morgan fingerprint density at radius 2 is 1.23 bits per heavy atom. The molecule has 0 atom stereocenters. The fourth-order valence-corrected chi connectivity index (χ4v) is 9.00. The Morgan fingerprint density at radius 3 is 1.97 bits per heavy atom. The van der Waals surface area contributed by atoms with Crippen molar-refractivity contribution in [3.05, 3.63) is 187 Å². The predicted molar refractivity (Wildman–Crippen MR) is 251 cm³/mol. The van der Waals surface area contributed by atoms with Gasteiger partial charge in [0.25, 0.3) is 0 Å². The minimum absolute atomic E-state index is 0. The number of para-hydroxylation sites is 4. The molecule has 0 aliphatic rings. The van der Waals surface area contributed by atoms with E-state index in [-0.39, 0.29) is 20.1 Å². The molecule has 1 radical (unpaired) electrons. The fourth-order valence-electron chi connectivity index (χ4n) is 9.00. The number of aromatic nitrogens is 5. The molecule has 0 N–H and O–H groups in total. The molecule has 0 saturated carbocycles. The van der Waals surface area contributed by atoms with E-state index in [1.807, 2.05) is 48.5 Å².